The molecule has 0 aromatic carbocycles. The summed E-state index contributed by atoms with van der Waals surface area (Å²) in [5.41, 5.74) is 4.88. The van der Waals surface area contributed by atoms with Crippen molar-refractivity contribution < 1.29 is 0 Å². The van der Waals surface area contributed by atoms with Gasteiger partial charge in [-0.2, -0.15) is 0 Å². The van der Waals surface area contributed by atoms with Gasteiger partial charge in [0.15, 0.2) is 5.65 Å². The van der Waals surface area contributed by atoms with Gasteiger partial charge in [0.05, 0.1) is 0 Å². The molecule has 0 atom stereocenters. The van der Waals surface area contributed by atoms with Crippen molar-refractivity contribution in [3.05, 3.63) is 26.7 Å². The van der Waals surface area contributed by atoms with Crippen molar-refractivity contribution in [2.75, 3.05) is 0 Å². The summed E-state index contributed by atoms with van der Waals surface area (Å²) in [4.78, 5) is 33.9. The second-order valence-corrected chi connectivity index (χ2v) is 4.48. The van der Waals surface area contributed by atoms with E-state index in [1.165, 1.54) is 0 Å². The van der Waals surface area contributed by atoms with E-state index in [1.807, 2.05) is 13.8 Å². The fourth-order valence-electron chi connectivity index (χ4n) is 1.50. The molecule has 0 amide bonds. The Hall–Kier alpha value is -1.89. The molecule has 5 N–H and O–H groups in total. The molecule has 2 rings (SSSR count). The van der Waals surface area contributed by atoms with E-state index in [0.717, 1.165) is 0 Å². The first kappa shape index (κ1) is 10.6. The third kappa shape index (κ3) is 2.03. The first-order valence-corrected chi connectivity index (χ1v) is 4.85. The van der Waals surface area contributed by atoms with Crippen molar-refractivity contribution in [2.45, 2.75) is 25.8 Å². The zero-order chi connectivity index (χ0) is 11.9. The Balaban J connectivity index is 2.57. The average molecular weight is 223 g/mol. The first-order chi connectivity index (χ1) is 7.35. The van der Waals surface area contributed by atoms with Crippen molar-refractivity contribution >= 4 is 11.2 Å². The first-order valence-electron chi connectivity index (χ1n) is 4.85. The van der Waals surface area contributed by atoms with Crippen LogP contribution in [0.5, 0.6) is 0 Å². The third-order valence-electron chi connectivity index (χ3n) is 2.06. The highest BCUT2D eigenvalue weighted by molar-refractivity contribution is 5.68. The van der Waals surface area contributed by atoms with E-state index < -0.39 is 16.8 Å². The van der Waals surface area contributed by atoms with Gasteiger partial charge in [-0.15, -0.1) is 0 Å². The van der Waals surface area contributed by atoms with Gasteiger partial charge in [-0.3, -0.25) is 14.8 Å². The summed E-state index contributed by atoms with van der Waals surface area (Å²) >= 11 is 0. The number of aromatic nitrogens is 4. The summed E-state index contributed by atoms with van der Waals surface area (Å²) in [6.07, 6.45) is 0.489. The van der Waals surface area contributed by atoms with Crippen LogP contribution < -0.4 is 17.0 Å². The second-order valence-electron chi connectivity index (χ2n) is 4.48. The molecule has 0 unspecified atom stereocenters. The SMILES string of the molecule is CC(C)(N)Cc1nc2[nH]c(=O)[nH]c(=O)c2[nH]1. The van der Waals surface area contributed by atoms with Crippen LogP contribution in [0.1, 0.15) is 19.7 Å². The zero-order valence-electron chi connectivity index (χ0n) is 9.05. The number of nitrogens with two attached hydrogens (primary N) is 1. The van der Waals surface area contributed by atoms with E-state index in [4.69, 9.17) is 5.73 Å². The summed E-state index contributed by atoms with van der Waals surface area (Å²) in [6, 6.07) is 0. The highest BCUT2D eigenvalue weighted by atomic mass is 16.2. The van der Waals surface area contributed by atoms with Gasteiger partial charge in [-0.25, -0.2) is 9.78 Å². The van der Waals surface area contributed by atoms with Crippen LogP contribution in [0.4, 0.5) is 0 Å². The van der Waals surface area contributed by atoms with Crippen LogP contribution in [0.2, 0.25) is 0 Å². The van der Waals surface area contributed by atoms with E-state index in [0.29, 0.717) is 12.2 Å². The maximum Gasteiger partial charge on any atom is 0.327 e. The van der Waals surface area contributed by atoms with Gasteiger partial charge in [0.2, 0.25) is 0 Å². The minimum Gasteiger partial charge on any atom is -0.336 e. The zero-order valence-corrected chi connectivity index (χ0v) is 9.05. The molecule has 0 fully saturated rings. The van der Waals surface area contributed by atoms with Gasteiger partial charge in [0.1, 0.15) is 11.3 Å². The molecule has 2 heterocycles. The van der Waals surface area contributed by atoms with E-state index in [-0.39, 0.29) is 11.2 Å². The van der Waals surface area contributed by atoms with E-state index >= 15 is 0 Å². The predicted octanol–water partition coefficient (Wildman–Crippen LogP) is -0.781. The van der Waals surface area contributed by atoms with Gasteiger partial charge in [0, 0.05) is 12.0 Å². The van der Waals surface area contributed by atoms with Crippen LogP contribution in [0.3, 0.4) is 0 Å². The molecule has 16 heavy (non-hydrogen) atoms. The molecule has 0 aliphatic heterocycles. The van der Waals surface area contributed by atoms with E-state index in [9.17, 15) is 9.59 Å². The summed E-state index contributed by atoms with van der Waals surface area (Å²) < 4.78 is 0. The quantitative estimate of drug-likeness (QED) is 0.533. The maximum atomic E-state index is 11.4. The smallest absolute Gasteiger partial charge is 0.327 e. The molecular formula is C9H13N5O2. The Morgan fingerprint density at radius 1 is 1.25 bits per heavy atom. The molecule has 0 radical (unpaired) electrons. The predicted molar refractivity (Wildman–Crippen MR) is 59.3 cm³/mol. The Morgan fingerprint density at radius 3 is 2.56 bits per heavy atom. The summed E-state index contributed by atoms with van der Waals surface area (Å²) in [5, 5.41) is 0. The molecule has 0 bridgehead atoms. The normalized spacial score (nSPS) is 12.2. The van der Waals surface area contributed by atoms with Crippen LogP contribution in [-0.4, -0.2) is 25.5 Å². The summed E-state index contributed by atoms with van der Waals surface area (Å²) in [6.45, 7) is 3.71. The van der Waals surface area contributed by atoms with Crippen LogP contribution >= 0.6 is 0 Å². The number of imidazole rings is 1. The number of H-pyrrole nitrogens is 3. The number of nitrogens with one attached hydrogen (secondary N) is 3. The van der Waals surface area contributed by atoms with Crippen LogP contribution in [0.15, 0.2) is 9.59 Å². The molecule has 0 aliphatic rings. The van der Waals surface area contributed by atoms with Gasteiger partial charge >= 0.3 is 5.69 Å². The lowest BCUT2D eigenvalue weighted by Gasteiger charge is -2.15. The molecule has 7 heteroatoms. The Labute approximate surface area is 90.1 Å². The molecule has 86 valence electrons. The number of rotatable bonds is 2. The number of hydrogen-bond acceptors (Lipinski definition) is 4. The lowest BCUT2D eigenvalue weighted by Crippen LogP contribution is -2.34. The van der Waals surface area contributed by atoms with Crippen molar-refractivity contribution in [1.29, 1.82) is 0 Å². The molecule has 0 saturated heterocycles. The standard InChI is InChI=1S/C9H13N5O2/c1-9(2,10)3-4-11-5-6(12-4)13-8(16)14-7(5)15/h3,10H2,1-2H3,(H3,11,12,13,14,15,16). The monoisotopic (exact) mass is 223 g/mol. The third-order valence-corrected chi connectivity index (χ3v) is 2.06. The molecule has 2 aromatic rings. The van der Waals surface area contributed by atoms with Gasteiger partial charge in [-0.05, 0) is 13.8 Å². The minimum absolute atomic E-state index is 0.257. The van der Waals surface area contributed by atoms with E-state index in [1.54, 1.807) is 0 Å². The van der Waals surface area contributed by atoms with Gasteiger partial charge < -0.3 is 10.7 Å². The van der Waals surface area contributed by atoms with Gasteiger partial charge in [-0.1, -0.05) is 0 Å². The number of hydrogen-bond donors (Lipinski definition) is 4. The molecular weight excluding hydrogens is 210 g/mol. The van der Waals surface area contributed by atoms with Crippen molar-refractivity contribution in [2.24, 2.45) is 5.73 Å². The molecule has 0 saturated carbocycles. The Morgan fingerprint density at radius 2 is 1.94 bits per heavy atom. The molecule has 0 spiro atoms. The highest BCUT2D eigenvalue weighted by Gasteiger charge is 2.15. The average Bonchev–Trinajstić information content (AvgIpc) is 2.43. The fourth-order valence-corrected chi connectivity index (χ4v) is 1.50. The van der Waals surface area contributed by atoms with Crippen LogP contribution in [-0.2, 0) is 6.42 Å². The molecule has 7 nitrogen and oxygen atoms in total. The Bertz CT molecular complexity index is 628. The van der Waals surface area contributed by atoms with Crippen LogP contribution in [0.25, 0.3) is 11.2 Å². The molecule has 2 aromatic heterocycles. The number of nitrogens with zero attached hydrogens (tertiary/aromatic N) is 1. The topological polar surface area (TPSA) is 120 Å². The fraction of sp³-hybridized carbons (Fsp3) is 0.444. The maximum absolute atomic E-state index is 11.4. The number of aromatic amines is 3. The summed E-state index contributed by atoms with van der Waals surface area (Å²) in [7, 11) is 0. The Kier molecular flexibility index (Phi) is 2.20. The van der Waals surface area contributed by atoms with Crippen LogP contribution in [0, 0.1) is 0 Å². The van der Waals surface area contributed by atoms with Crippen molar-refractivity contribution in [3.63, 3.8) is 0 Å². The van der Waals surface area contributed by atoms with Crippen molar-refractivity contribution in [3.8, 4) is 0 Å². The number of fused-ring (bicyclic) bond motifs is 1. The van der Waals surface area contributed by atoms with E-state index in [2.05, 4.69) is 19.9 Å². The summed E-state index contributed by atoms with van der Waals surface area (Å²) in [5.74, 6) is 0.579. The highest BCUT2D eigenvalue weighted by Crippen LogP contribution is 2.08. The largest absolute Gasteiger partial charge is 0.336 e. The lowest BCUT2D eigenvalue weighted by molar-refractivity contribution is 0.505. The van der Waals surface area contributed by atoms with Crippen molar-refractivity contribution in [1.82, 2.24) is 19.9 Å². The second kappa shape index (κ2) is 3.31. The molecule has 0 aliphatic carbocycles. The minimum atomic E-state index is -0.567. The van der Waals surface area contributed by atoms with Gasteiger partial charge in [0.25, 0.3) is 5.56 Å². The lowest BCUT2D eigenvalue weighted by atomic mass is 10.0.